The molecule has 4 rings (SSSR count). The fraction of sp³-hybridized carbons (Fsp3) is 0.941. The largest absolute Gasteiger partial charge is 0.462 e. The molecule has 0 radical (unpaired) electrons. The summed E-state index contributed by atoms with van der Waals surface area (Å²) in [6, 6.07) is 0.427. The van der Waals surface area contributed by atoms with Crippen LogP contribution in [0.5, 0.6) is 0 Å². The Morgan fingerprint density at radius 1 is 0.923 bits per heavy atom. The van der Waals surface area contributed by atoms with E-state index in [2.05, 4.69) is 51.4 Å². The molecule has 0 N–H and O–H groups in total. The van der Waals surface area contributed by atoms with Crippen LogP contribution in [0.15, 0.2) is 0 Å². The smallest absolute Gasteiger partial charge is 0.306 e. The van der Waals surface area contributed by atoms with E-state index in [1.54, 1.807) is 0 Å². The van der Waals surface area contributed by atoms with Crippen molar-refractivity contribution in [3.05, 3.63) is 0 Å². The van der Waals surface area contributed by atoms with Crippen LogP contribution in [0, 0.1) is 34.5 Å². The van der Waals surface area contributed by atoms with Crippen molar-refractivity contribution >= 4 is 23.6 Å². The van der Waals surface area contributed by atoms with Gasteiger partial charge in [0.2, 0.25) is 5.91 Å². The van der Waals surface area contributed by atoms with Gasteiger partial charge in [-0.15, -0.1) is 0 Å². The minimum absolute atomic E-state index is 0.0274. The Morgan fingerprint density at radius 2 is 1.59 bits per heavy atom. The lowest BCUT2D eigenvalue weighted by Crippen LogP contribution is -2.61. The first kappa shape index (κ1) is 31.2. The molecule has 0 bridgehead atoms. The minimum Gasteiger partial charge on any atom is -0.462 e. The number of nitrogens with zero attached hydrogens (tertiary/aromatic N) is 1. The van der Waals surface area contributed by atoms with Gasteiger partial charge in [-0.2, -0.15) is 11.8 Å². The summed E-state index contributed by atoms with van der Waals surface area (Å²) in [6.45, 7) is 9.46. The van der Waals surface area contributed by atoms with E-state index in [4.69, 9.17) is 4.74 Å². The first-order valence-corrected chi connectivity index (χ1v) is 17.9. The van der Waals surface area contributed by atoms with Crippen LogP contribution >= 0.6 is 11.8 Å². The van der Waals surface area contributed by atoms with Crippen LogP contribution in [-0.4, -0.2) is 47.5 Å². The first-order valence-electron chi connectivity index (χ1n) is 16.7. The zero-order chi connectivity index (χ0) is 28.0. The molecule has 1 amide bonds. The molecule has 0 aromatic carbocycles. The van der Waals surface area contributed by atoms with Crippen LogP contribution in [0.25, 0.3) is 0 Å². The second-order valence-corrected chi connectivity index (χ2v) is 15.6. The average molecular weight is 562 g/mol. The molecule has 5 heteroatoms. The van der Waals surface area contributed by atoms with Gasteiger partial charge in [-0.25, -0.2) is 0 Å². The molecule has 4 nitrogen and oxygen atoms in total. The van der Waals surface area contributed by atoms with Gasteiger partial charge in [0.1, 0.15) is 6.10 Å². The van der Waals surface area contributed by atoms with Crippen molar-refractivity contribution in [2.24, 2.45) is 34.5 Å². The number of likely N-dealkylation sites (tertiary alicyclic amines) is 1. The van der Waals surface area contributed by atoms with Crippen LogP contribution in [0.2, 0.25) is 0 Å². The van der Waals surface area contributed by atoms with E-state index in [-0.39, 0.29) is 22.9 Å². The fourth-order valence-electron chi connectivity index (χ4n) is 9.99. The average Bonchev–Trinajstić information content (AvgIpc) is 3.27. The Bertz CT molecular complexity index is 818. The highest BCUT2D eigenvalue weighted by atomic mass is 32.2. The topological polar surface area (TPSA) is 46.6 Å². The fourth-order valence-corrected chi connectivity index (χ4v) is 10.7. The quantitative estimate of drug-likeness (QED) is 0.157. The van der Waals surface area contributed by atoms with Gasteiger partial charge in [0, 0.05) is 31.8 Å². The molecular formula is C34H59NO3S. The number of fused-ring (bicyclic) bond motifs is 5. The van der Waals surface area contributed by atoms with Gasteiger partial charge in [0.05, 0.1) is 0 Å². The number of esters is 1. The Balaban J connectivity index is 1.19. The van der Waals surface area contributed by atoms with E-state index >= 15 is 0 Å². The van der Waals surface area contributed by atoms with Gasteiger partial charge in [0.25, 0.3) is 0 Å². The maximum absolute atomic E-state index is 12.8. The third kappa shape index (κ3) is 6.86. The lowest BCUT2D eigenvalue weighted by Gasteiger charge is -2.62. The Kier molecular flexibility index (Phi) is 11.2. The number of ether oxygens (including phenoxy) is 1. The molecule has 39 heavy (non-hydrogen) atoms. The van der Waals surface area contributed by atoms with Crippen molar-refractivity contribution in [1.82, 2.24) is 4.90 Å². The van der Waals surface area contributed by atoms with Crippen LogP contribution in [0.4, 0.5) is 0 Å². The molecule has 8 atom stereocenters. The van der Waals surface area contributed by atoms with Gasteiger partial charge in [0.15, 0.2) is 0 Å². The normalized spacial score (nSPS) is 36.7. The summed E-state index contributed by atoms with van der Waals surface area (Å²) < 4.78 is 6.12. The second kappa shape index (κ2) is 14.0. The van der Waals surface area contributed by atoms with E-state index in [1.807, 2.05) is 0 Å². The van der Waals surface area contributed by atoms with Crippen molar-refractivity contribution < 1.29 is 14.3 Å². The summed E-state index contributed by atoms with van der Waals surface area (Å²) in [4.78, 5) is 27.3. The van der Waals surface area contributed by atoms with E-state index < -0.39 is 0 Å². The highest BCUT2D eigenvalue weighted by Crippen LogP contribution is 2.66. The molecule has 4 aliphatic rings. The molecule has 0 aromatic rings. The van der Waals surface area contributed by atoms with Crippen molar-refractivity contribution in [2.75, 3.05) is 18.6 Å². The van der Waals surface area contributed by atoms with Crippen LogP contribution < -0.4 is 0 Å². The first-order chi connectivity index (χ1) is 18.7. The van der Waals surface area contributed by atoms with Crippen molar-refractivity contribution in [1.29, 1.82) is 0 Å². The van der Waals surface area contributed by atoms with Gasteiger partial charge < -0.3 is 9.64 Å². The summed E-state index contributed by atoms with van der Waals surface area (Å²) in [5, 5.41) is 0. The van der Waals surface area contributed by atoms with Gasteiger partial charge in [-0.3, -0.25) is 9.59 Å². The molecule has 224 valence electrons. The van der Waals surface area contributed by atoms with Crippen LogP contribution in [-0.2, 0) is 14.3 Å². The van der Waals surface area contributed by atoms with Crippen molar-refractivity contribution in [3.63, 3.8) is 0 Å². The highest BCUT2D eigenvalue weighted by molar-refractivity contribution is 7.99. The van der Waals surface area contributed by atoms with E-state index in [0.717, 1.165) is 43.4 Å². The number of rotatable bonds is 14. The van der Waals surface area contributed by atoms with Crippen LogP contribution in [0.3, 0.4) is 0 Å². The Hall–Kier alpha value is -0.710. The van der Waals surface area contributed by atoms with Gasteiger partial charge >= 0.3 is 5.97 Å². The minimum atomic E-state index is 0.0274. The SMILES string of the molecule is CCSCCCCCCCCCCC(=O)OC(C)[C@H]1CC[C@H]2[C@@H]3CCC4N(C)C(=O)CC[C@]4(C)[C@H]3CC[C@]12C. The molecule has 1 heterocycles. The molecule has 1 aliphatic heterocycles. The maximum atomic E-state index is 12.8. The number of piperidine rings is 1. The molecule has 0 spiro atoms. The number of carbonyl (C=O) groups is 2. The predicted molar refractivity (Wildman–Crippen MR) is 164 cm³/mol. The van der Waals surface area contributed by atoms with E-state index in [1.165, 1.54) is 88.6 Å². The lowest BCUT2D eigenvalue weighted by atomic mass is 9.46. The number of unbranched alkanes of at least 4 members (excludes halogenated alkanes) is 7. The Labute approximate surface area is 244 Å². The number of hydrogen-bond acceptors (Lipinski definition) is 4. The standard InChI is InChI=1S/C34H59NO3S/c1-6-39-24-14-12-10-8-7-9-11-13-15-32(37)38-25(2)27-17-18-28-26-16-19-30-34(4,23-21-31(36)35(30)5)29(26)20-22-33(27,28)3/h25-30H,6-24H2,1-5H3/t25?,26-,27+,28-,29-,30?,33+,34+/m0/s1. The molecule has 2 unspecified atom stereocenters. The maximum Gasteiger partial charge on any atom is 0.306 e. The van der Waals surface area contributed by atoms with Gasteiger partial charge in [-0.05, 0) is 105 Å². The summed E-state index contributed by atoms with van der Waals surface area (Å²) in [6.07, 6.45) is 20.0. The molecule has 4 fully saturated rings. The lowest BCUT2D eigenvalue weighted by molar-refractivity contribution is -0.164. The predicted octanol–water partition coefficient (Wildman–Crippen LogP) is 8.66. The van der Waals surface area contributed by atoms with Crippen molar-refractivity contribution in [2.45, 2.75) is 149 Å². The van der Waals surface area contributed by atoms with Crippen LogP contribution in [0.1, 0.15) is 137 Å². The zero-order valence-electron chi connectivity index (χ0n) is 26.0. The Morgan fingerprint density at radius 3 is 2.31 bits per heavy atom. The second-order valence-electron chi connectivity index (χ2n) is 14.2. The monoisotopic (exact) mass is 561 g/mol. The number of hydrogen-bond donors (Lipinski definition) is 0. The third-order valence-electron chi connectivity index (χ3n) is 12.1. The summed E-state index contributed by atoms with van der Waals surface area (Å²) in [7, 11) is 2.05. The zero-order valence-corrected chi connectivity index (χ0v) is 26.8. The van der Waals surface area contributed by atoms with Crippen molar-refractivity contribution in [3.8, 4) is 0 Å². The highest BCUT2D eigenvalue weighted by Gasteiger charge is 2.61. The number of amides is 1. The molecule has 3 aliphatic carbocycles. The number of thioether (sulfide) groups is 1. The summed E-state index contributed by atoms with van der Waals surface area (Å²) in [5.41, 5.74) is 0.562. The van der Waals surface area contributed by atoms with E-state index in [0.29, 0.717) is 24.3 Å². The van der Waals surface area contributed by atoms with E-state index in [9.17, 15) is 9.59 Å². The molecular weight excluding hydrogens is 502 g/mol. The third-order valence-corrected chi connectivity index (χ3v) is 13.1. The number of carbonyl (C=O) groups excluding carboxylic acids is 2. The molecule has 1 saturated heterocycles. The molecule has 3 saturated carbocycles. The summed E-state index contributed by atoms with van der Waals surface area (Å²) >= 11 is 2.06. The van der Waals surface area contributed by atoms with Gasteiger partial charge in [-0.1, -0.05) is 59.3 Å². The summed E-state index contributed by atoms with van der Waals surface area (Å²) in [5.74, 6) is 5.68. The molecule has 0 aromatic heterocycles.